The van der Waals surface area contributed by atoms with Gasteiger partial charge in [0.25, 0.3) is 0 Å². The van der Waals surface area contributed by atoms with Gasteiger partial charge in [0.05, 0.1) is 0 Å². The van der Waals surface area contributed by atoms with E-state index in [0.717, 1.165) is 12.3 Å². The van der Waals surface area contributed by atoms with Crippen molar-refractivity contribution in [2.24, 2.45) is 5.92 Å². The monoisotopic (exact) mass is 421 g/mol. The standard InChI is InChI=1S/C30H61/c1-4-6-7-8-9-10-11-12-13-14-15-16-17-18-19-20-21-22-23-24-25-26-27-28-29-30(3)5-2/h30H,1,4-29H2,2-3H3. The van der Waals surface area contributed by atoms with Crippen LogP contribution in [0, 0.1) is 12.8 Å². The molecule has 0 bridgehead atoms. The van der Waals surface area contributed by atoms with Gasteiger partial charge in [0.2, 0.25) is 0 Å². The minimum Gasteiger partial charge on any atom is -0.0651 e. The summed E-state index contributed by atoms with van der Waals surface area (Å²) in [5, 5.41) is 0. The summed E-state index contributed by atoms with van der Waals surface area (Å²) in [6.07, 6.45) is 37.7. The Morgan fingerprint density at radius 3 is 0.867 bits per heavy atom. The van der Waals surface area contributed by atoms with E-state index in [1.807, 2.05) is 0 Å². The number of unbranched alkanes of at least 4 members (excludes halogenated alkanes) is 23. The van der Waals surface area contributed by atoms with E-state index in [1.165, 1.54) is 161 Å². The van der Waals surface area contributed by atoms with Crippen molar-refractivity contribution in [3.05, 3.63) is 6.92 Å². The van der Waals surface area contributed by atoms with Crippen LogP contribution in [0.2, 0.25) is 0 Å². The van der Waals surface area contributed by atoms with Gasteiger partial charge in [-0.3, -0.25) is 0 Å². The molecule has 0 amide bonds. The van der Waals surface area contributed by atoms with Gasteiger partial charge < -0.3 is 0 Å². The fourth-order valence-corrected chi connectivity index (χ4v) is 4.59. The van der Waals surface area contributed by atoms with Gasteiger partial charge in [-0.25, -0.2) is 0 Å². The third-order valence-electron chi connectivity index (χ3n) is 7.14. The molecule has 0 saturated carbocycles. The molecule has 0 spiro atoms. The zero-order valence-corrected chi connectivity index (χ0v) is 21.7. The van der Waals surface area contributed by atoms with Crippen LogP contribution in [0.15, 0.2) is 0 Å². The van der Waals surface area contributed by atoms with Crippen molar-refractivity contribution in [3.8, 4) is 0 Å². The maximum Gasteiger partial charge on any atom is -0.0445 e. The Kier molecular flexibility index (Phi) is 27.0. The van der Waals surface area contributed by atoms with Crippen molar-refractivity contribution < 1.29 is 0 Å². The lowest BCUT2D eigenvalue weighted by atomic mass is 9.99. The van der Waals surface area contributed by atoms with Gasteiger partial charge in [-0.15, -0.1) is 0 Å². The lowest BCUT2D eigenvalue weighted by molar-refractivity contribution is 0.468. The summed E-state index contributed by atoms with van der Waals surface area (Å²) in [6.45, 7) is 8.64. The van der Waals surface area contributed by atoms with Crippen LogP contribution in [0.4, 0.5) is 0 Å². The van der Waals surface area contributed by atoms with E-state index < -0.39 is 0 Å². The predicted molar refractivity (Wildman–Crippen MR) is 140 cm³/mol. The van der Waals surface area contributed by atoms with Crippen molar-refractivity contribution in [3.63, 3.8) is 0 Å². The second-order valence-corrected chi connectivity index (χ2v) is 10.3. The second kappa shape index (κ2) is 27.0. The van der Waals surface area contributed by atoms with E-state index in [4.69, 9.17) is 0 Å². The third kappa shape index (κ3) is 26.0. The Labute approximate surface area is 193 Å². The number of rotatable bonds is 26. The molecule has 0 rings (SSSR count). The molecule has 0 fully saturated rings. The highest BCUT2D eigenvalue weighted by atomic mass is 14.0. The predicted octanol–water partition coefficient (Wildman–Crippen LogP) is 11.6. The van der Waals surface area contributed by atoms with Crippen molar-refractivity contribution in [1.82, 2.24) is 0 Å². The van der Waals surface area contributed by atoms with E-state index in [1.54, 1.807) is 0 Å². The summed E-state index contributed by atoms with van der Waals surface area (Å²) in [4.78, 5) is 0. The Hall–Kier alpha value is 0. The van der Waals surface area contributed by atoms with Crippen LogP contribution < -0.4 is 0 Å². The first-order valence-electron chi connectivity index (χ1n) is 14.6. The van der Waals surface area contributed by atoms with E-state index in [2.05, 4.69) is 20.8 Å². The molecule has 0 aromatic heterocycles. The number of hydrogen-bond donors (Lipinski definition) is 0. The van der Waals surface area contributed by atoms with Crippen LogP contribution in [0.3, 0.4) is 0 Å². The average Bonchev–Trinajstić information content (AvgIpc) is 2.76. The molecule has 0 saturated heterocycles. The largest absolute Gasteiger partial charge is 0.0651 e. The quantitative estimate of drug-likeness (QED) is 0.122. The van der Waals surface area contributed by atoms with Gasteiger partial charge in [-0.1, -0.05) is 188 Å². The molecule has 0 aromatic rings. The zero-order valence-electron chi connectivity index (χ0n) is 21.7. The summed E-state index contributed by atoms with van der Waals surface area (Å²) in [6, 6.07) is 0. The molecule has 0 aliphatic carbocycles. The van der Waals surface area contributed by atoms with Gasteiger partial charge in [0, 0.05) is 0 Å². The van der Waals surface area contributed by atoms with E-state index in [0.29, 0.717) is 0 Å². The van der Waals surface area contributed by atoms with Crippen LogP contribution in [0.5, 0.6) is 0 Å². The summed E-state index contributed by atoms with van der Waals surface area (Å²) >= 11 is 0. The maximum absolute atomic E-state index is 3.92. The summed E-state index contributed by atoms with van der Waals surface area (Å²) < 4.78 is 0. The van der Waals surface area contributed by atoms with Crippen LogP contribution >= 0.6 is 0 Å². The maximum atomic E-state index is 3.92. The summed E-state index contributed by atoms with van der Waals surface area (Å²) in [7, 11) is 0. The average molecular weight is 422 g/mol. The fraction of sp³-hybridized carbons (Fsp3) is 0.967. The van der Waals surface area contributed by atoms with E-state index >= 15 is 0 Å². The number of hydrogen-bond acceptors (Lipinski definition) is 0. The highest BCUT2D eigenvalue weighted by Gasteiger charge is 1.98. The molecule has 0 aliphatic rings. The normalized spacial score (nSPS) is 12.5. The smallest absolute Gasteiger partial charge is 0.0445 e. The van der Waals surface area contributed by atoms with Crippen LogP contribution in [-0.4, -0.2) is 0 Å². The third-order valence-corrected chi connectivity index (χ3v) is 7.14. The molecule has 0 N–H and O–H groups in total. The van der Waals surface area contributed by atoms with Crippen LogP contribution in [-0.2, 0) is 0 Å². The molecule has 1 atom stereocenters. The summed E-state index contributed by atoms with van der Waals surface area (Å²) in [5.41, 5.74) is 0. The molecule has 1 unspecified atom stereocenters. The lowest BCUT2D eigenvalue weighted by Crippen LogP contribution is -1.91. The van der Waals surface area contributed by atoms with Gasteiger partial charge in [0.1, 0.15) is 0 Å². The molecule has 1 radical (unpaired) electrons. The first kappa shape index (κ1) is 30.0. The first-order valence-corrected chi connectivity index (χ1v) is 14.6. The van der Waals surface area contributed by atoms with Crippen LogP contribution in [0.1, 0.15) is 181 Å². The molecule has 0 heterocycles. The molecular formula is C30H61. The van der Waals surface area contributed by atoms with Crippen molar-refractivity contribution in [2.45, 2.75) is 181 Å². The van der Waals surface area contributed by atoms with Gasteiger partial charge in [0.15, 0.2) is 0 Å². The van der Waals surface area contributed by atoms with Gasteiger partial charge in [-0.2, -0.15) is 0 Å². The fourth-order valence-electron chi connectivity index (χ4n) is 4.59. The first-order chi connectivity index (χ1) is 14.8. The Balaban J connectivity index is 3.00. The lowest BCUT2D eigenvalue weighted by Gasteiger charge is -2.07. The molecule has 30 heavy (non-hydrogen) atoms. The van der Waals surface area contributed by atoms with Crippen molar-refractivity contribution in [2.75, 3.05) is 0 Å². The van der Waals surface area contributed by atoms with Crippen LogP contribution in [0.25, 0.3) is 0 Å². The molecule has 0 nitrogen and oxygen atoms in total. The Morgan fingerprint density at radius 2 is 0.633 bits per heavy atom. The minimum atomic E-state index is 0.947. The topological polar surface area (TPSA) is 0 Å². The molecular weight excluding hydrogens is 360 g/mol. The Morgan fingerprint density at radius 1 is 0.400 bits per heavy atom. The second-order valence-electron chi connectivity index (χ2n) is 10.3. The molecule has 0 heteroatoms. The van der Waals surface area contributed by atoms with Gasteiger partial charge >= 0.3 is 0 Å². The van der Waals surface area contributed by atoms with E-state index in [9.17, 15) is 0 Å². The summed E-state index contributed by atoms with van der Waals surface area (Å²) in [5.74, 6) is 0.947. The molecule has 0 aliphatic heterocycles. The zero-order chi connectivity index (χ0) is 22.0. The highest BCUT2D eigenvalue weighted by molar-refractivity contribution is 4.53. The highest BCUT2D eigenvalue weighted by Crippen LogP contribution is 2.17. The Bertz CT molecular complexity index is 282. The van der Waals surface area contributed by atoms with E-state index in [-0.39, 0.29) is 0 Å². The van der Waals surface area contributed by atoms with Crippen molar-refractivity contribution >= 4 is 0 Å². The van der Waals surface area contributed by atoms with Crippen molar-refractivity contribution in [1.29, 1.82) is 0 Å². The SMILES string of the molecule is [CH2]CCCCCCCCCCCCCCCCCCCCCCCCCC(C)CC. The minimum absolute atomic E-state index is 0.947. The molecule has 0 aromatic carbocycles. The molecule has 181 valence electrons. The van der Waals surface area contributed by atoms with Gasteiger partial charge in [-0.05, 0) is 5.92 Å².